The molecule has 4 aliphatic carbocycles. The molecule has 0 bridgehead atoms. The average molecular weight is 602 g/mol. The maximum absolute atomic E-state index is 13.3. The number of alkyl carbamates (subject to hydrolysis) is 1. The van der Waals surface area contributed by atoms with E-state index in [4.69, 9.17) is 10.5 Å². The Hall–Kier alpha value is -1.79. The van der Waals surface area contributed by atoms with Crippen molar-refractivity contribution in [2.75, 3.05) is 0 Å². The molecule has 0 saturated heterocycles. The Morgan fingerprint density at radius 2 is 1.58 bits per heavy atom. The van der Waals surface area contributed by atoms with Crippen molar-refractivity contribution in [1.29, 1.82) is 0 Å². The highest BCUT2D eigenvalue weighted by Gasteiger charge is 2.60. The van der Waals surface area contributed by atoms with E-state index in [9.17, 15) is 14.4 Å². The SMILES string of the molecule is CC(C)CCC[C@@H](C)[C@H]1CC[C@H]2[C@@H]3CCC4C[C@H](NC(=O)[C@H](CC(N)=O)NC(=O)OC(C)(C)C)CC[C@]4(C)[C@H]3CC[C@]12C. The molecule has 0 aromatic rings. The first-order valence-corrected chi connectivity index (χ1v) is 17.6. The molecule has 4 fully saturated rings. The molecule has 4 rings (SSSR count). The van der Waals surface area contributed by atoms with Crippen LogP contribution >= 0.6 is 0 Å². The van der Waals surface area contributed by atoms with E-state index in [1.165, 1.54) is 57.8 Å². The molecule has 4 saturated carbocycles. The van der Waals surface area contributed by atoms with E-state index in [1.807, 2.05) is 0 Å². The molecule has 4 N–H and O–H groups in total. The number of nitrogens with two attached hydrogens (primary N) is 1. The van der Waals surface area contributed by atoms with Gasteiger partial charge in [0.25, 0.3) is 0 Å². The van der Waals surface area contributed by atoms with E-state index in [2.05, 4.69) is 45.3 Å². The first kappa shape index (κ1) is 34.1. The number of fused-ring (bicyclic) bond motifs is 5. The van der Waals surface area contributed by atoms with Gasteiger partial charge in [-0.05, 0) is 131 Å². The Labute approximate surface area is 262 Å². The van der Waals surface area contributed by atoms with Gasteiger partial charge in [-0.15, -0.1) is 0 Å². The predicted octanol–water partition coefficient (Wildman–Crippen LogP) is 7.36. The van der Waals surface area contributed by atoms with Gasteiger partial charge < -0.3 is 21.1 Å². The molecule has 0 radical (unpaired) electrons. The van der Waals surface area contributed by atoms with Crippen LogP contribution in [0.15, 0.2) is 0 Å². The molecular formula is C36H63N3O4. The first-order valence-electron chi connectivity index (χ1n) is 17.6. The number of hydrogen-bond acceptors (Lipinski definition) is 4. The van der Waals surface area contributed by atoms with Crippen molar-refractivity contribution >= 4 is 17.9 Å². The van der Waals surface area contributed by atoms with Gasteiger partial charge in [0.1, 0.15) is 11.6 Å². The van der Waals surface area contributed by atoms with Crippen LogP contribution in [0.5, 0.6) is 0 Å². The fourth-order valence-electron chi connectivity index (χ4n) is 10.6. The fraction of sp³-hybridized carbons (Fsp3) is 0.917. The van der Waals surface area contributed by atoms with E-state index >= 15 is 0 Å². The maximum atomic E-state index is 13.3. The molecule has 10 atom stereocenters. The molecule has 7 heteroatoms. The lowest BCUT2D eigenvalue weighted by molar-refractivity contribution is -0.131. The maximum Gasteiger partial charge on any atom is 0.408 e. The Morgan fingerprint density at radius 1 is 0.907 bits per heavy atom. The number of rotatable bonds is 10. The largest absolute Gasteiger partial charge is 0.444 e. The molecular weight excluding hydrogens is 538 g/mol. The number of ether oxygens (including phenoxy) is 1. The van der Waals surface area contributed by atoms with Crippen LogP contribution < -0.4 is 16.4 Å². The van der Waals surface area contributed by atoms with Crippen molar-refractivity contribution in [3.8, 4) is 0 Å². The lowest BCUT2D eigenvalue weighted by Crippen LogP contribution is -2.57. The van der Waals surface area contributed by atoms with E-state index in [0.717, 1.165) is 54.8 Å². The van der Waals surface area contributed by atoms with E-state index in [1.54, 1.807) is 20.8 Å². The summed E-state index contributed by atoms with van der Waals surface area (Å²) in [6.07, 6.45) is 14.3. The second-order valence-electron chi connectivity index (χ2n) is 17.0. The number of nitrogens with one attached hydrogen (secondary N) is 2. The molecule has 7 nitrogen and oxygen atoms in total. The Balaban J connectivity index is 1.36. The molecule has 0 aliphatic heterocycles. The van der Waals surface area contributed by atoms with Crippen molar-refractivity contribution in [3.05, 3.63) is 0 Å². The van der Waals surface area contributed by atoms with Crippen LogP contribution in [0, 0.1) is 52.3 Å². The average Bonchev–Trinajstić information content (AvgIpc) is 3.24. The van der Waals surface area contributed by atoms with E-state index < -0.39 is 23.6 Å². The number of amides is 3. The summed E-state index contributed by atoms with van der Waals surface area (Å²) in [4.78, 5) is 37.4. The van der Waals surface area contributed by atoms with Crippen LogP contribution in [-0.2, 0) is 14.3 Å². The summed E-state index contributed by atoms with van der Waals surface area (Å²) in [5, 5.41) is 5.76. The summed E-state index contributed by atoms with van der Waals surface area (Å²) in [6.45, 7) is 17.8. The molecule has 1 unspecified atom stereocenters. The standard InChI is InChI=1S/C36H63N3O4/c1-22(2)10-9-11-23(3)27-14-15-28-26-13-12-24-20-25(16-18-35(24,7)29(26)17-19-36(27,28)8)38-32(41)30(21-31(37)40)39-33(42)43-34(4,5)6/h22-30H,9-21H2,1-8H3,(H2,37,40)(H,38,41)(H,39,42)/t23-,24?,25-,26+,27-,28+,29+,30+,35+,36-/m1/s1. The van der Waals surface area contributed by atoms with Crippen molar-refractivity contribution in [2.45, 2.75) is 157 Å². The minimum Gasteiger partial charge on any atom is -0.444 e. The number of primary amides is 1. The molecule has 0 heterocycles. The van der Waals surface area contributed by atoms with Crippen LogP contribution in [0.1, 0.15) is 139 Å². The van der Waals surface area contributed by atoms with Crippen LogP contribution in [-0.4, -0.2) is 35.6 Å². The van der Waals surface area contributed by atoms with Gasteiger partial charge in [-0.25, -0.2) is 4.79 Å². The zero-order valence-corrected chi connectivity index (χ0v) is 28.6. The molecule has 4 aliphatic rings. The van der Waals surface area contributed by atoms with Gasteiger partial charge in [0.2, 0.25) is 11.8 Å². The summed E-state index contributed by atoms with van der Waals surface area (Å²) in [5.41, 5.74) is 5.55. The zero-order valence-electron chi connectivity index (χ0n) is 28.6. The third-order valence-electron chi connectivity index (χ3n) is 12.6. The van der Waals surface area contributed by atoms with Crippen LogP contribution in [0.2, 0.25) is 0 Å². The van der Waals surface area contributed by atoms with Gasteiger partial charge >= 0.3 is 6.09 Å². The third kappa shape index (κ3) is 7.72. The molecule has 0 aromatic carbocycles. The summed E-state index contributed by atoms with van der Waals surface area (Å²) in [6, 6.07) is -0.982. The molecule has 0 spiro atoms. The fourth-order valence-corrected chi connectivity index (χ4v) is 10.6. The topological polar surface area (TPSA) is 111 Å². The summed E-state index contributed by atoms with van der Waals surface area (Å²) in [5.74, 6) is 4.63. The summed E-state index contributed by atoms with van der Waals surface area (Å²) in [7, 11) is 0. The van der Waals surface area contributed by atoms with Gasteiger partial charge in [-0.3, -0.25) is 9.59 Å². The Bertz CT molecular complexity index is 1010. The smallest absolute Gasteiger partial charge is 0.408 e. The van der Waals surface area contributed by atoms with Crippen LogP contribution in [0.4, 0.5) is 4.79 Å². The molecule has 0 aromatic heterocycles. The number of carbonyl (C=O) groups is 3. The second kappa shape index (κ2) is 13.3. The molecule has 43 heavy (non-hydrogen) atoms. The highest BCUT2D eigenvalue weighted by Crippen LogP contribution is 2.68. The van der Waals surface area contributed by atoms with Gasteiger partial charge in [0.15, 0.2) is 0 Å². The first-order chi connectivity index (χ1) is 20.0. The molecule has 3 amide bonds. The summed E-state index contributed by atoms with van der Waals surface area (Å²) < 4.78 is 5.32. The lowest BCUT2D eigenvalue weighted by Gasteiger charge is -2.61. The summed E-state index contributed by atoms with van der Waals surface area (Å²) >= 11 is 0. The van der Waals surface area contributed by atoms with Crippen molar-refractivity contribution in [3.63, 3.8) is 0 Å². The van der Waals surface area contributed by atoms with Crippen LogP contribution in [0.3, 0.4) is 0 Å². The van der Waals surface area contributed by atoms with E-state index in [0.29, 0.717) is 16.7 Å². The second-order valence-corrected chi connectivity index (χ2v) is 17.0. The quantitative estimate of drug-likeness (QED) is 0.243. The zero-order chi connectivity index (χ0) is 31.7. The highest BCUT2D eigenvalue weighted by molar-refractivity contribution is 5.90. The van der Waals surface area contributed by atoms with E-state index in [-0.39, 0.29) is 18.4 Å². The Morgan fingerprint density at radius 3 is 2.23 bits per heavy atom. The molecule has 246 valence electrons. The Kier molecular flexibility index (Phi) is 10.5. The number of hydrogen-bond donors (Lipinski definition) is 3. The van der Waals surface area contributed by atoms with Gasteiger partial charge in [0, 0.05) is 6.04 Å². The van der Waals surface area contributed by atoms with Crippen molar-refractivity contribution < 1.29 is 19.1 Å². The lowest BCUT2D eigenvalue weighted by atomic mass is 9.44. The minimum atomic E-state index is -1.03. The minimum absolute atomic E-state index is 0.0503. The van der Waals surface area contributed by atoms with Crippen molar-refractivity contribution in [2.24, 2.45) is 58.0 Å². The van der Waals surface area contributed by atoms with Crippen molar-refractivity contribution in [1.82, 2.24) is 10.6 Å². The monoisotopic (exact) mass is 601 g/mol. The van der Waals surface area contributed by atoms with Gasteiger partial charge in [0.05, 0.1) is 6.42 Å². The third-order valence-corrected chi connectivity index (χ3v) is 12.6. The predicted molar refractivity (Wildman–Crippen MR) is 172 cm³/mol. The highest BCUT2D eigenvalue weighted by atomic mass is 16.6. The normalized spacial score (nSPS) is 37.0. The number of carbonyl (C=O) groups excluding carboxylic acids is 3. The van der Waals surface area contributed by atoms with Gasteiger partial charge in [-0.2, -0.15) is 0 Å². The van der Waals surface area contributed by atoms with Crippen LogP contribution in [0.25, 0.3) is 0 Å². The van der Waals surface area contributed by atoms with Gasteiger partial charge in [-0.1, -0.05) is 53.9 Å².